The highest BCUT2D eigenvalue weighted by Crippen LogP contribution is 2.33. The van der Waals surface area contributed by atoms with Crippen molar-refractivity contribution in [3.63, 3.8) is 0 Å². The van der Waals surface area contributed by atoms with Gasteiger partial charge in [0.15, 0.2) is 18.9 Å². The van der Waals surface area contributed by atoms with Crippen LogP contribution in [0.4, 0.5) is 0 Å². The van der Waals surface area contributed by atoms with Crippen LogP contribution in [0.25, 0.3) is 0 Å². The molecule has 0 saturated carbocycles. The van der Waals surface area contributed by atoms with Crippen molar-refractivity contribution in [1.29, 1.82) is 0 Å². The predicted molar refractivity (Wildman–Crippen MR) is 282 cm³/mol. The van der Waals surface area contributed by atoms with Crippen molar-refractivity contribution in [1.82, 2.24) is 5.32 Å². The number of allylic oxidation sites excluding steroid dienone is 7. The molecule has 3 aliphatic rings. The molecule has 1 amide bonds. The summed E-state index contributed by atoms with van der Waals surface area (Å²) in [7, 11) is 0. The zero-order valence-corrected chi connectivity index (χ0v) is 45.0. The Hall–Kier alpha value is -2.25. The van der Waals surface area contributed by atoms with Gasteiger partial charge in [0.25, 0.3) is 0 Å². The van der Waals surface area contributed by atoms with Crippen molar-refractivity contribution in [2.45, 2.75) is 272 Å². The summed E-state index contributed by atoms with van der Waals surface area (Å²) in [5, 5.41) is 120. The van der Waals surface area contributed by atoms with Gasteiger partial charge in [0.05, 0.1) is 38.6 Å². The van der Waals surface area contributed by atoms with Crippen LogP contribution >= 0.6 is 0 Å². The highest BCUT2D eigenvalue weighted by molar-refractivity contribution is 5.76. The standard InChI is InChI=1S/C56H99NO18/c1-3-5-7-9-11-13-15-16-17-18-19-20-21-22-24-26-28-30-32-34-44(62)57-39(40(61)33-31-29-27-25-23-14-12-10-8-6-4-2)38-70-54-50(68)47(65)52(42(36-59)72-54)75-56-51(69)48(66)53(43(37-60)73-56)74-55-49(67)46(64)45(63)41(35-58)71-55/h11,13,16-17,23,25,31,33,39-43,45-56,58-61,63-69H,3-10,12,14-15,18-22,24,26-30,32,34-38H2,1-2H3,(H,57,62)/b13-11-,17-16-,25-23+,33-31+. The summed E-state index contributed by atoms with van der Waals surface area (Å²) in [5.74, 6) is -0.294. The van der Waals surface area contributed by atoms with Crippen LogP contribution in [0.15, 0.2) is 48.6 Å². The van der Waals surface area contributed by atoms with Crippen LogP contribution in [0.2, 0.25) is 0 Å². The lowest BCUT2D eigenvalue weighted by Crippen LogP contribution is -2.66. The Kier molecular flexibility index (Phi) is 35.8. The lowest BCUT2D eigenvalue weighted by atomic mass is 9.96. The molecule has 0 aromatic heterocycles. The zero-order chi connectivity index (χ0) is 54.8. The SMILES string of the molecule is CCCCC/C=C\C/C=C\CCCCCCCCCCCC(=O)NC(COC1OC(CO)C(OC2OC(CO)C(OC3OC(CO)C(O)C(O)C3O)C(O)C2O)C(O)C1O)C(O)/C=C/CC/C=C/CCCCCCC. The second kappa shape index (κ2) is 40.0. The third-order valence-electron chi connectivity index (χ3n) is 14.1. The molecule has 3 aliphatic heterocycles. The van der Waals surface area contributed by atoms with Crippen LogP contribution in [-0.2, 0) is 33.2 Å². The van der Waals surface area contributed by atoms with Crippen molar-refractivity contribution < 1.29 is 89.4 Å². The molecule has 19 nitrogen and oxygen atoms in total. The molecule has 17 unspecified atom stereocenters. The van der Waals surface area contributed by atoms with E-state index in [0.29, 0.717) is 12.8 Å². The van der Waals surface area contributed by atoms with Crippen LogP contribution < -0.4 is 5.32 Å². The molecule has 12 N–H and O–H groups in total. The van der Waals surface area contributed by atoms with E-state index in [2.05, 4.69) is 55.6 Å². The quantitative estimate of drug-likeness (QED) is 0.0306. The molecule has 3 fully saturated rings. The van der Waals surface area contributed by atoms with Gasteiger partial charge in [-0.3, -0.25) is 4.79 Å². The van der Waals surface area contributed by atoms with Crippen LogP contribution in [0.5, 0.6) is 0 Å². The van der Waals surface area contributed by atoms with Gasteiger partial charge >= 0.3 is 0 Å². The Labute approximate surface area is 446 Å². The largest absolute Gasteiger partial charge is 0.394 e. The highest BCUT2D eigenvalue weighted by Gasteiger charge is 2.53. The molecule has 17 atom stereocenters. The van der Waals surface area contributed by atoms with Crippen LogP contribution in [0, 0.1) is 0 Å². The molecular weight excluding hydrogens is 975 g/mol. The summed E-state index contributed by atoms with van der Waals surface area (Å²) in [6.45, 7) is 1.62. The lowest BCUT2D eigenvalue weighted by Gasteiger charge is -2.48. The van der Waals surface area contributed by atoms with Crippen molar-refractivity contribution in [3.05, 3.63) is 48.6 Å². The topological polar surface area (TPSA) is 307 Å². The first kappa shape index (κ1) is 67.0. The molecule has 3 heterocycles. The van der Waals surface area contributed by atoms with Gasteiger partial charge in [-0.2, -0.15) is 0 Å². The zero-order valence-electron chi connectivity index (χ0n) is 45.0. The van der Waals surface area contributed by atoms with Crippen molar-refractivity contribution in [2.24, 2.45) is 0 Å². The van der Waals surface area contributed by atoms with Crippen molar-refractivity contribution in [3.8, 4) is 0 Å². The minimum Gasteiger partial charge on any atom is -0.394 e. The monoisotopic (exact) mass is 1070 g/mol. The number of unbranched alkanes of at least 4 members (excludes halogenated alkanes) is 18. The van der Waals surface area contributed by atoms with Gasteiger partial charge in [-0.15, -0.1) is 0 Å². The summed E-state index contributed by atoms with van der Waals surface area (Å²) in [5.41, 5.74) is 0. The van der Waals surface area contributed by atoms with E-state index in [-0.39, 0.29) is 18.9 Å². The molecule has 0 radical (unpaired) electrons. The highest BCUT2D eigenvalue weighted by atomic mass is 16.8. The van der Waals surface area contributed by atoms with E-state index in [4.69, 9.17) is 28.4 Å². The van der Waals surface area contributed by atoms with Crippen LogP contribution in [-0.4, -0.2) is 193 Å². The van der Waals surface area contributed by atoms with E-state index in [1.54, 1.807) is 6.08 Å². The lowest BCUT2D eigenvalue weighted by molar-refractivity contribution is -0.379. The molecule has 3 rings (SSSR count). The first-order valence-electron chi connectivity index (χ1n) is 28.4. The molecular formula is C56H99NO18. The van der Waals surface area contributed by atoms with E-state index in [0.717, 1.165) is 57.8 Å². The fourth-order valence-electron chi connectivity index (χ4n) is 9.35. The van der Waals surface area contributed by atoms with Gasteiger partial charge in [-0.05, 0) is 64.2 Å². The third kappa shape index (κ3) is 24.8. The van der Waals surface area contributed by atoms with Crippen molar-refractivity contribution >= 4 is 5.91 Å². The first-order valence-corrected chi connectivity index (χ1v) is 28.4. The molecule has 436 valence electrons. The predicted octanol–water partition coefficient (Wildman–Crippen LogP) is 3.92. The van der Waals surface area contributed by atoms with E-state index in [1.165, 1.54) is 77.0 Å². The summed E-state index contributed by atoms with van der Waals surface area (Å²) in [4.78, 5) is 13.3. The smallest absolute Gasteiger partial charge is 0.220 e. The Morgan fingerprint density at radius 2 is 0.893 bits per heavy atom. The number of carbonyl (C=O) groups is 1. The van der Waals surface area contributed by atoms with E-state index in [9.17, 15) is 61.0 Å². The third-order valence-corrected chi connectivity index (χ3v) is 14.1. The fourth-order valence-corrected chi connectivity index (χ4v) is 9.35. The molecule has 0 bridgehead atoms. The number of amides is 1. The van der Waals surface area contributed by atoms with Crippen LogP contribution in [0.3, 0.4) is 0 Å². The van der Waals surface area contributed by atoms with Gasteiger partial charge in [-0.1, -0.05) is 146 Å². The number of nitrogens with one attached hydrogen (secondary N) is 1. The molecule has 19 heteroatoms. The number of aliphatic hydroxyl groups excluding tert-OH is 11. The number of hydrogen-bond acceptors (Lipinski definition) is 18. The van der Waals surface area contributed by atoms with Gasteiger partial charge < -0.3 is 89.9 Å². The summed E-state index contributed by atoms with van der Waals surface area (Å²) >= 11 is 0. The van der Waals surface area contributed by atoms with Gasteiger partial charge in [0.1, 0.15) is 73.2 Å². The van der Waals surface area contributed by atoms with E-state index >= 15 is 0 Å². The average Bonchev–Trinajstić information content (AvgIpc) is 3.41. The normalized spacial score (nSPS) is 31.6. The molecule has 0 aliphatic carbocycles. The number of ether oxygens (including phenoxy) is 6. The van der Waals surface area contributed by atoms with Gasteiger partial charge in [-0.25, -0.2) is 0 Å². The van der Waals surface area contributed by atoms with E-state index < -0.39 is 124 Å². The van der Waals surface area contributed by atoms with Crippen LogP contribution in [0.1, 0.15) is 168 Å². The Bertz CT molecular complexity index is 1570. The minimum absolute atomic E-state index is 0.229. The fraction of sp³-hybridized carbons (Fsp3) is 0.839. The Morgan fingerprint density at radius 3 is 1.44 bits per heavy atom. The first-order chi connectivity index (χ1) is 36.3. The number of aliphatic hydroxyl groups is 11. The van der Waals surface area contributed by atoms with Gasteiger partial charge in [0.2, 0.25) is 5.91 Å². The number of carbonyl (C=O) groups excluding carboxylic acids is 1. The van der Waals surface area contributed by atoms with Gasteiger partial charge in [0, 0.05) is 6.42 Å². The summed E-state index contributed by atoms with van der Waals surface area (Å²) in [6.07, 6.45) is 15.4. The second-order valence-electron chi connectivity index (χ2n) is 20.4. The number of hydrogen-bond donors (Lipinski definition) is 12. The molecule has 0 aromatic rings. The van der Waals surface area contributed by atoms with E-state index in [1.807, 2.05) is 6.08 Å². The maximum Gasteiger partial charge on any atom is 0.220 e. The minimum atomic E-state index is -1.98. The number of rotatable bonds is 40. The Balaban J connectivity index is 1.51. The molecule has 3 saturated heterocycles. The average molecular weight is 1070 g/mol. The molecule has 0 aromatic carbocycles. The maximum atomic E-state index is 13.3. The molecule has 75 heavy (non-hydrogen) atoms. The second-order valence-corrected chi connectivity index (χ2v) is 20.4. The Morgan fingerprint density at radius 1 is 0.480 bits per heavy atom. The molecule has 0 spiro atoms. The summed E-state index contributed by atoms with van der Waals surface area (Å²) in [6, 6.07) is -0.990. The maximum absolute atomic E-state index is 13.3. The van der Waals surface area contributed by atoms with Crippen molar-refractivity contribution in [2.75, 3.05) is 26.4 Å². The summed E-state index contributed by atoms with van der Waals surface area (Å²) < 4.78 is 34.1.